The zero-order chi connectivity index (χ0) is 15.3. The van der Waals surface area contributed by atoms with Gasteiger partial charge in [-0.25, -0.2) is 5.01 Å². The Morgan fingerprint density at radius 3 is 2.25 bits per heavy atom. The molecule has 0 heterocycles. The molecule has 1 rings (SSSR count). The van der Waals surface area contributed by atoms with Gasteiger partial charge in [0, 0.05) is 25.1 Å². The molecule has 7 heteroatoms. The topological polar surface area (TPSA) is 119 Å². The highest BCUT2D eigenvalue weighted by Crippen LogP contribution is 2.32. The van der Waals surface area contributed by atoms with E-state index >= 15 is 0 Å². The molecule has 1 unspecified atom stereocenters. The summed E-state index contributed by atoms with van der Waals surface area (Å²) in [6, 6.07) is -1.02. The van der Waals surface area contributed by atoms with Crippen molar-refractivity contribution in [2.24, 2.45) is 28.4 Å². The second-order valence-corrected chi connectivity index (χ2v) is 5.09. The molecule has 3 atom stereocenters. The number of hydrazone groups is 1. The van der Waals surface area contributed by atoms with Crippen LogP contribution < -0.4 is 11.5 Å². The Kier molecular flexibility index (Phi) is 5.82. The van der Waals surface area contributed by atoms with Crippen LogP contribution in [0.4, 0.5) is 0 Å². The average Bonchev–Trinajstić information content (AvgIpc) is 2.43. The number of hydrogen-bond donors (Lipinski definition) is 2. The summed E-state index contributed by atoms with van der Waals surface area (Å²) < 4.78 is 0. The zero-order valence-electron chi connectivity index (χ0n) is 11.7. The third-order valence-corrected chi connectivity index (χ3v) is 3.83. The van der Waals surface area contributed by atoms with E-state index in [1.165, 1.54) is 6.92 Å². The van der Waals surface area contributed by atoms with Crippen molar-refractivity contribution >= 4 is 24.3 Å². The Balaban J connectivity index is 2.96. The number of primary amides is 1. The first-order chi connectivity index (χ1) is 9.43. The van der Waals surface area contributed by atoms with Crippen LogP contribution >= 0.6 is 0 Å². The van der Waals surface area contributed by atoms with Crippen molar-refractivity contribution < 1.29 is 14.4 Å². The van der Waals surface area contributed by atoms with Gasteiger partial charge in [-0.15, -0.1) is 0 Å². The van der Waals surface area contributed by atoms with Crippen LogP contribution in [-0.2, 0) is 14.4 Å². The molecule has 0 aliphatic heterocycles. The molecule has 4 N–H and O–H groups in total. The predicted molar refractivity (Wildman–Crippen MR) is 74.6 cm³/mol. The van der Waals surface area contributed by atoms with E-state index in [0.717, 1.165) is 17.9 Å². The third kappa shape index (κ3) is 3.41. The maximum Gasteiger partial charge on any atom is 0.247 e. The molecule has 112 valence electrons. The Hall–Kier alpha value is -1.76. The Labute approximate surface area is 118 Å². The van der Waals surface area contributed by atoms with Gasteiger partial charge in [-0.3, -0.25) is 14.4 Å². The number of carbonyl (C=O) groups is 3. The van der Waals surface area contributed by atoms with E-state index in [1.54, 1.807) is 0 Å². The molecule has 20 heavy (non-hydrogen) atoms. The largest absolute Gasteiger partial charge is 0.368 e. The van der Waals surface area contributed by atoms with Gasteiger partial charge in [0.1, 0.15) is 11.8 Å². The van der Waals surface area contributed by atoms with Crippen LogP contribution in [0.2, 0.25) is 0 Å². The molecule has 1 saturated carbocycles. The molecule has 1 aliphatic carbocycles. The number of hydrogen-bond acceptors (Lipinski definition) is 5. The Morgan fingerprint density at radius 2 is 1.85 bits per heavy atom. The Bertz CT molecular complexity index is 410. The van der Waals surface area contributed by atoms with Crippen molar-refractivity contribution in [2.45, 2.75) is 38.6 Å². The van der Waals surface area contributed by atoms with Crippen molar-refractivity contribution in [1.29, 1.82) is 0 Å². The van der Waals surface area contributed by atoms with Crippen molar-refractivity contribution in [3.8, 4) is 0 Å². The summed E-state index contributed by atoms with van der Waals surface area (Å²) in [5.74, 6) is -1.94. The van der Waals surface area contributed by atoms with Gasteiger partial charge in [-0.2, -0.15) is 5.10 Å². The van der Waals surface area contributed by atoms with Gasteiger partial charge in [0.15, 0.2) is 0 Å². The van der Waals surface area contributed by atoms with E-state index in [4.69, 9.17) is 11.5 Å². The highest BCUT2D eigenvalue weighted by molar-refractivity contribution is 5.91. The lowest BCUT2D eigenvalue weighted by atomic mass is 9.76. The van der Waals surface area contributed by atoms with Crippen LogP contribution in [0.3, 0.4) is 0 Å². The summed E-state index contributed by atoms with van der Waals surface area (Å²) in [5.41, 5.74) is 10.7. The first-order valence-corrected chi connectivity index (χ1v) is 6.73. The molecular weight excluding hydrogens is 260 g/mol. The van der Waals surface area contributed by atoms with Gasteiger partial charge in [-0.05, 0) is 19.8 Å². The third-order valence-electron chi connectivity index (χ3n) is 3.83. The molecule has 1 fully saturated rings. The van der Waals surface area contributed by atoms with Crippen molar-refractivity contribution in [3.05, 3.63) is 0 Å². The van der Waals surface area contributed by atoms with E-state index in [1.807, 2.05) is 0 Å². The van der Waals surface area contributed by atoms with Crippen LogP contribution in [0.1, 0.15) is 32.6 Å². The van der Waals surface area contributed by atoms with E-state index in [2.05, 4.69) is 11.8 Å². The highest BCUT2D eigenvalue weighted by atomic mass is 16.2. The van der Waals surface area contributed by atoms with E-state index in [-0.39, 0.29) is 18.2 Å². The van der Waals surface area contributed by atoms with Gasteiger partial charge in [-0.1, -0.05) is 12.8 Å². The lowest BCUT2D eigenvalue weighted by molar-refractivity contribution is -0.147. The Morgan fingerprint density at radius 1 is 1.30 bits per heavy atom. The van der Waals surface area contributed by atoms with Crippen LogP contribution in [0, 0.1) is 11.8 Å². The van der Waals surface area contributed by atoms with Crippen LogP contribution in [-0.4, -0.2) is 41.9 Å². The van der Waals surface area contributed by atoms with Gasteiger partial charge in [0.05, 0.1) is 0 Å². The quantitative estimate of drug-likeness (QED) is 0.510. The van der Waals surface area contributed by atoms with Crippen molar-refractivity contribution in [1.82, 2.24) is 5.01 Å². The van der Waals surface area contributed by atoms with E-state index in [9.17, 15) is 14.4 Å². The number of rotatable bonds is 6. The molecule has 0 aromatic rings. The van der Waals surface area contributed by atoms with Gasteiger partial charge >= 0.3 is 0 Å². The molecule has 7 nitrogen and oxygen atoms in total. The predicted octanol–water partition coefficient (Wildman–Crippen LogP) is -0.361. The number of ketones is 1. The standard InChI is InChI=1S/C13H22N4O3/c1-8(18)9-5-3-4-6-10(9)13(20)17(16-2)11(7-14)12(15)19/h9-11H,2-7,14H2,1H3,(H2,15,19)/t9-,10?,11-/m0/s1. The molecule has 0 aromatic carbocycles. The zero-order valence-corrected chi connectivity index (χ0v) is 11.7. The molecule has 1 aliphatic rings. The minimum Gasteiger partial charge on any atom is -0.368 e. The second-order valence-electron chi connectivity index (χ2n) is 5.09. The molecule has 0 bridgehead atoms. The molecule has 0 radical (unpaired) electrons. The smallest absolute Gasteiger partial charge is 0.247 e. The molecule has 2 amide bonds. The molecule has 0 spiro atoms. The van der Waals surface area contributed by atoms with Crippen molar-refractivity contribution in [3.63, 3.8) is 0 Å². The lowest BCUT2D eigenvalue weighted by Crippen LogP contribution is -2.52. The highest BCUT2D eigenvalue weighted by Gasteiger charge is 2.39. The van der Waals surface area contributed by atoms with E-state index < -0.39 is 23.8 Å². The number of amides is 2. The molecule has 0 aromatic heterocycles. The summed E-state index contributed by atoms with van der Waals surface area (Å²) in [7, 11) is 0. The summed E-state index contributed by atoms with van der Waals surface area (Å²) in [4.78, 5) is 35.5. The SMILES string of the molecule is C=NN(C(=O)C1CCCC[C@H]1C(C)=O)[C@@H](CN)C(N)=O. The fourth-order valence-corrected chi connectivity index (χ4v) is 2.74. The fourth-order valence-electron chi connectivity index (χ4n) is 2.74. The minimum absolute atomic E-state index is 0.0181. The van der Waals surface area contributed by atoms with Crippen LogP contribution in [0.5, 0.6) is 0 Å². The second kappa shape index (κ2) is 7.14. The molecule has 0 saturated heterocycles. The fraction of sp³-hybridized carbons (Fsp3) is 0.692. The number of nitrogens with two attached hydrogens (primary N) is 2. The minimum atomic E-state index is -1.02. The van der Waals surface area contributed by atoms with Gasteiger partial charge in [0.25, 0.3) is 0 Å². The van der Waals surface area contributed by atoms with E-state index in [0.29, 0.717) is 12.8 Å². The maximum absolute atomic E-state index is 12.5. The lowest BCUT2D eigenvalue weighted by Gasteiger charge is -2.33. The average molecular weight is 282 g/mol. The summed E-state index contributed by atoms with van der Waals surface area (Å²) in [5, 5.41) is 4.53. The van der Waals surface area contributed by atoms with Gasteiger partial charge < -0.3 is 11.5 Å². The van der Waals surface area contributed by atoms with Crippen LogP contribution in [0.25, 0.3) is 0 Å². The number of carbonyl (C=O) groups excluding carboxylic acids is 3. The molecular formula is C13H22N4O3. The first kappa shape index (κ1) is 16.3. The first-order valence-electron chi connectivity index (χ1n) is 6.73. The van der Waals surface area contributed by atoms with Crippen LogP contribution in [0.15, 0.2) is 5.10 Å². The van der Waals surface area contributed by atoms with Crippen molar-refractivity contribution in [2.75, 3.05) is 6.54 Å². The maximum atomic E-state index is 12.5. The normalized spacial score (nSPS) is 23.7. The van der Waals surface area contributed by atoms with Gasteiger partial charge in [0.2, 0.25) is 11.8 Å². The summed E-state index contributed by atoms with van der Waals surface area (Å²) in [6.45, 7) is 4.66. The summed E-state index contributed by atoms with van der Waals surface area (Å²) >= 11 is 0. The number of Topliss-reactive ketones (excluding diaryl/α,β-unsaturated/α-hetero) is 1. The number of nitrogens with zero attached hydrogens (tertiary/aromatic N) is 2. The monoisotopic (exact) mass is 282 g/mol. The summed E-state index contributed by atoms with van der Waals surface area (Å²) in [6.07, 6.45) is 3.08.